The highest BCUT2D eigenvalue weighted by atomic mass is 16.6. The molecule has 0 radical (unpaired) electrons. The van der Waals surface area contributed by atoms with Gasteiger partial charge >= 0.3 is 5.97 Å². The molecule has 2 N–H and O–H groups in total. The van der Waals surface area contributed by atoms with E-state index >= 15 is 0 Å². The topological polar surface area (TPSA) is 125 Å². The fourth-order valence-electron chi connectivity index (χ4n) is 7.36. The number of hydrogen-bond acceptors (Lipinski definition) is 7. The number of likely N-dealkylation sites (tertiary alicyclic amines) is 1. The monoisotopic (exact) mass is 627 g/mol. The number of aliphatic hydroxyl groups excluding tert-OH is 1. The number of cyclic esters (lactones) is 1. The van der Waals surface area contributed by atoms with Crippen molar-refractivity contribution in [3.05, 3.63) is 89.5 Å². The number of aliphatic hydroxyl groups is 1. The van der Waals surface area contributed by atoms with E-state index in [0.717, 1.165) is 22.4 Å². The lowest BCUT2D eigenvalue weighted by molar-refractivity contribution is -0.159. The summed E-state index contributed by atoms with van der Waals surface area (Å²) in [5, 5.41) is 13.6. The van der Waals surface area contributed by atoms with Gasteiger partial charge in [0.05, 0.1) is 31.2 Å². The standard InChI is InChI=1S/C36H41N3O7/c1-22-14-15-23(2)27(18-22)38-17-9-16-36-31(30-28(46-36)12-7-8-13-29(41)37-20-24(3)45-35(30)44)33(42)39(32(36)34(38)43)26(21-40)19-25-10-5-4-6-11-25/h4-7,9-12,14-16,18,24,26,28,30-32,40H,8,13,17,19-21H2,1-3H3,(H,37,41)/b12-7-/t24-,26+,28-,30+,31+,32-,36+/m0/s1. The number of ether oxygens (including phenoxy) is 2. The van der Waals surface area contributed by atoms with E-state index in [2.05, 4.69) is 5.32 Å². The second kappa shape index (κ2) is 12.8. The van der Waals surface area contributed by atoms with Gasteiger partial charge in [0.25, 0.3) is 5.91 Å². The predicted molar refractivity (Wildman–Crippen MR) is 171 cm³/mol. The summed E-state index contributed by atoms with van der Waals surface area (Å²) in [5.74, 6) is -3.70. The van der Waals surface area contributed by atoms with Crippen LogP contribution in [0.25, 0.3) is 0 Å². The van der Waals surface area contributed by atoms with Crippen LogP contribution >= 0.6 is 0 Å². The van der Waals surface area contributed by atoms with Crippen LogP contribution in [0.15, 0.2) is 72.8 Å². The van der Waals surface area contributed by atoms with Gasteiger partial charge in [-0.3, -0.25) is 19.2 Å². The summed E-state index contributed by atoms with van der Waals surface area (Å²) in [6.45, 7) is 5.56. The molecular weight excluding hydrogens is 586 g/mol. The van der Waals surface area contributed by atoms with Crippen molar-refractivity contribution in [3.63, 3.8) is 0 Å². The molecule has 6 rings (SSSR count). The molecule has 2 aromatic rings. The summed E-state index contributed by atoms with van der Waals surface area (Å²) in [6, 6.07) is 13.5. The highest BCUT2D eigenvalue weighted by molar-refractivity contribution is 6.06. The number of fused-ring (bicyclic) bond motifs is 2. The van der Waals surface area contributed by atoms with Crippen LogP contribution in [0, 0.1) is 25.7 Å². The lowest BCUT2D eigenvalue weighted by Crippen LogP contribution is -2.58. The zero-order valence-corrected chi connectivity index (χ0v) is 26.4. The van der Waals surface area contributed by atoms with Crippen molar-refractivity contribution in [3.8, 4) is 0 Å². The van der Waals surface area contributed by atoms with E-state index in [1.54, 1.807) is 30.1 Å². The van der Waals surface area contributed by atoms with Crippen LogP contribution in [-0.4, -0.2) is 83.3 Å². The van der Waals surface area contributed by atoms with Crippen molar-refractivity contribution in [1.29, 1.82) is 0 Å². The highest BCUT2D eigenvalue weighted by Gasteiger charge is 2.72. The first kappa shape index (κ1) is 31.7. The molecule has 10 nitrogen and oxygen atoms in total. The van der Waals surface area contributed by atoms with E-state index < -0.39 is 60.2 Å². The molecule has 242 valence electrons. The van der Waals surface area contributed by atoms with Gasteiger partial charge in [0.1, 0.15) is 23.7 Å². The molecule has 0 bridgehead atoms. The second-order valence-corrected chi connectivity index (χ2v) is 12.8. The predicted octanol–water partition coefficient (Wildman–Crippen LogP) is 2.79. The number of carbonyl (C=O) groups is 4. The molecular formula is C36H41N3O7. The Kier molecular flexibility index (Phi) is 8.85. The molecule has 0 unspecified atom stereocenters. The maximum absolute atomic E-state index is 14.9. The molecule has 1 spiro atoms. The lowest BCUT2D eigenvalue weighted by atomic mass is 9.78. The summed E-state index contributed by atoms with van der Waals surface area (Å²) in [4.78, 5) is 59.0. The van der Waals surface area contributed by atoms with Crippen LogP contribution < -0.4 is 10.2 Å². The normalized spacial score (nSPS) is 31.1. The van der Waals surface area contributed by atoms with Crippen molar-refractivity contribution in [1.82, 2.24) is 10.2 Å². The van der Waals surface area contributed by atoms with E-state index in [9.17, 15) is 24.3 Å². The van der Waals surface area contributed by atoms with Gasteiger partial charge in [-0.05, 0) is 56.4 Å². The van der Waals surface area contributed by atoms with Crippen LogP contribution in [0.1, 0.15) is 36.5 Å². The first-order valence-corrected chi connectivity index (χ1v) is 16.0. The fraction of sp³-hybridized carbons (Fsp3) is 0.444. The minimum absolute atomic E-state index is 0.137. The molecule has 4 heterocycles. The Morgan fingerprint density at radius 3 is 2.59 bits per heavy atom. The number of benzene rings is 2. The van der Waals surface area contributed by atoms with E-state index in [1.165, 1.54) is 4.90 Å². The number of nitrogens with one attached hydrogen (secondary N) is 1. The first-order chi connectivity index (χ1) is 22.1. The number of aryl methyl sites for hydroxylation is 2. The number of esters is 1. The Bertz CT molecular complexity index is 1570. The Morgan fingerprint density at radius 2 is 1.83 bits per heavy atom. The summed E-state index contributed by atoms with van der Waals surface area (Å²) in [5.41, 5.74) is 2.00. The third kappa shape index (κ3) is 5.64. The molecule has 4 aliphatic heterocycles. The molecule has 0 aliphatic carbocycles. The minimum Gasteiger partial charge on any atom is -0.460 e. The van der Waals surface area contributed by atoms with Gasteiger partial charge in [-0.25, -0.2) is 0 Å². The van der Waals surface area contributed by atoms with Crippen molar-refractivity contribution in [2.75, 3.05) is 24.6 Å². The molecule has 0 aromatic heterocycles. The van der Waals surface area contributed by atoms with Gasteiger partial charge in [0.15, 0.2) is 0 Å². The van der Waals surface area contributed by atoms with Gasteiger partial charge in [-0.15, -0.1) is 0 Å². The maximum atomic E-state index is 14.9. The molecule has 7 atom stereocenters. The number of anilines is 1. The van der Waals surface area contributed by atoms with Crippen LogP contribution in [0.5, 0.6) is 0 Å². The molecule has 3 amide bonds. The number of rotatable bonds is 5. The average Bonchev–Trinajstić information content (AvgIpc) is 3.43. The van der Waals surface area contributed by atoms with Gasteiger partial charge in [0.2, 0.25) is 11.8 Å². The SMILES string of the molecule is Cc1ccc(C)c(N2CC=C[C@@]34O[C@H]5/C=C\CCC(=O)NC[C@H](C)OC(=O)[C@H]5[C@@H]3C(=O)N([C@@H](CO)Cc3ccccc3)[C@H]4C2=O)c1. The Balaban J connectivity index is 1.48. The number of carbonyl (C=O) groups excluding carboxylic acids is 4. The van der Waals surface area contributed by atoms with Crippen LogP contribution in [0.3, 0.4) is 0 Å². The fourth-order valence-corrected chi connectivity index (χ4v) is 7.36. The second-order valence-electron chi connectivity index (χ2n) is 12.8. The molecule has 2 saturated heterocycles. The maximum Gasteiger partial charge on any atom is 0.313 e. The number of allylic oxidation sites excluding steroid dienone is 1. The van der Waals surface area contributed by atoms with Gasteiger partial charge in [-0.2, -0.15) is 0 Å². The highest BCUT2D eigenvalue weighted by Crippen LogP contribution is 2.54. The van der Waals surface area contributed by atoms with Crippen molar-refractivity contribution >= 4 is 29.4 Å². The van der Waals surface area contributed by atoms with Gasteiger partial charge in [0, 0.05) is 18.7 Å². The van der Waals surface area contributed by atoms with Gasteiger partial charge in [-0.1, -0.05) is 66.8 Å². The van der Waals surface area contributed by atoms with E-state index in [-0.39, 0.29) is 31.3 Å². The molecule has 2 aromatic carbocycles. The summed E-state index contributed by atoms with van der Waals surface area (Å²) < 4.78 is 12.6. The Hall–Kier alpha value is -4.28. The Labute approximate surface area is 269 Å². The molecule has 46 heavy (non-hydrogen) atoms. The molecule has 2 fully saturated rings. The minimum atomic E-state index is -1.50. The number of hydrogen-bond donors (Lipinski definition) is 2. The molecule has 10 heteroatoms. The summed E-state index contributed by atoms with van der Waals surface area (Å²) >= 11 is 0. The quantitative estimate of drug-likeness (QED) is 0.386. The van der Waals surface area contributed by atoms with Gasteiger partial charge < -0.3 is 29.7 Å². The van der Waals surface area contributed by atoms with E-state index in [1.807, 2.05) is 68.5 Å². The average molecular weight is 628 g/mol. The van der Waals surface area contributed by atoms with E-state index in [4.69, 9.17) is 9.47 Å². The largest absolute Gasteiger partial charge is 0.460 e. The first-order valence-electron chi connectivity index (χ1n) is 16.0. The van der Waals surface area contributed by atoms with Crippen LogP contribution in [-0.2, 0) is 35.1 Å². The zero-order chi connectivity index (χ0) is 32.6. The van der Waals surface area contributed by atoms with Crippen LogP contribution in [0.4, 0.5) is 5.69 Å². The van der Waals surface area contributed by atoms with Crippen LogP contribution in [0.2, 0.25) is 0 Å². The third-order valence-corrected chi connectivity index (χ3v) is 9.55. The van der Waals surface area contributed by atoms with Crippen molar-refractivity contribution < 1.29 is 33.8 Å². The summed E-state index contributed by atoms with van der Waals surface area (Å²) in [7, 11) is 0. The summed E-state index contributed by atoms with van der Waals surface area (Å²) in [6.07, 6.45) is 6.57. The number of nitrogens with zero attached hydrogens (tertiary/aromatic N) is 2. The molecule has 0 saturated carbocycles. The van der Waals surface area contributed by atoms with Crippen molar-refractivity contribution in [2.24, 2.45) is 11.8 Å². The number of amides is 3. The Morgan fingerprint density at radius 1 is 1.04 bits per heavy atom. The van der Waals surface area contributed by atoms with Crippen molar-refractivity contribution in [2.45, 2.75) is 69.9 Å². The zero-order valence-electron chi connectivity index (χ0n) is 26.4. The third-order valence-electron chi connectivity index (χ3n) is 9.55. The van der Waals surface area contributed by atoms with E-state index in [0.29, 0.717) is 12.8 Å². The molecule has 4 aliphatic rings. The smallest absolute Gasteiger partial charge is 0.313 e. The lowest BCUT2D eigenvalue weighted by Gasteiger charge is -2.39.